The van der Waals surface area contributed by atoms with Gasteiger partial charge in [0.05, 0.1) is 25.9 Å². The smallest absolute Gasteiger partial charge is 0.123 e. The Hall–Kier alpha value is -1.10. The van der Waals surface area contributed by atoms with Crippen molar-refractivity contribution in [3.05, 3.63) is 29.8 Å². The van der Waals surface area contributed by atoms with Gasteiger partial charge in [-0.1, -0.05) is 25.1 Å². The van der Waals surface area contributed by atoms with Crippen LogP contribution in [0.5, 0.6) is 5.75 Å². The molecule has 0 saturated heterocycles. The third kappa shape index (κ3) is 7.48. The second-order valence-corrected chi connectivity index (χ2v) is 4.77. The van der Waals surface area contributed by atoms with E-state index >= 15 is 0 Å². The molecular weight excluding hydrogens is 254 g/mol. The minimum absolute atomic E-state index is 0.257. The maximum atomic E-state index is 5.76. The Balaban J connectivity index is 2.18. The highest BCUT2D eigenvalue weighted by Gasteiger charge is 2.02. The molecule has 4 nitrogen and oxygen atoms in total. The number of rotatable bonds is 11. The van der Waals surface area contributed by atoms with Crippen LogP contribution in [0.25, 0.3) is 0 Å². The van der Waals surface area contributed by atoms with Gasteiger partial charge in [-0.05, 0) is 26.5 Å². The van der Waals surface area contributed by atoms with Crippen molar-refractivity contribution < 1.29 is 14.2 Å². The average Bonchev–Trinajstić information content (AvgIpc) is 2.44. The van der Waals surface area contributed by atoms with Crippen LogP contribution in [0.3, 0.4) is 0 Å². The standard InChI is InChI=1S/C16H27NO3/c1-4-17-13-15-7-5-6-8-16(15)20-12-10-18-9-11-19-14(2)3/h5-8,14,17H,4,9-13H2,1-3H3. The molecule has 20 heavy (non-hydrogen) atoms. The predicted octanol–water partition coefficient (Wildman–Crippen LogP) is 2.62. The van der Waals surface area contributed by atoms with E-state index in [-0.39, 0.29) is 6.10 Å². The third-order valence-electron chi connectivity index (χ3n) is 2.70. The summed E-state index contributed by atoms with van der Waals surface area (Å²) >= 11 is 0. The summed E-state index contributed by atoms with van der Waals surface area (Å²) in [6, 6.07) is 8.09. The SMILES string of the molecule is CCNCc1ccccc1OCCOCCOC(C)C. The molecule has 0 aliphatic heterocycles. The van der Waals surface area contributed by atoms with E-state index in [0.29, 0.717) is 26.4 Å². The highest BCUT2D eigenvalue weighted by molar-refractivity contribution is 5.33. The van der Waals surface area contributed by atoms with Crippen LogP contribution < -0.4 is 10.1 Å². The van der Waals surface area contributed by atoms with Crippen molar-refractivity contribution in [1.29, 1.82) is 0 Å². The summed E-state index contributed by atoms with van der Waals surface area (Å²) in [5, 5.41) is 3.31. The topological polar surface area (TPSA) is 39.7 Å². The number of hydrogen-bond acceptors (Lipinski definition) is 4. The summed E-state index contributed by atoms with van der Waals surface area (Å²) in [5.74, 6) is 0.926. The van der Waals surface area contributed by atoms with Crippen molar-refractivity contribution >= 4 is 0 Å². The maximum absolute atomic E-state index is 5.76. The van der Waals surface area contributed by atoms with Crippen LogP contribution in [-0.4, -0.2) is 39.1 Å². The first-order chi connectivity index (χ1) is 9.74. The van der Waals surface area contributed by atoms with Crippen molar-refractivity contribution in [2.45, 2.75) is 33.4 Å². The van der Waals surface area contributed by atoms with E-state index in [1.54, 1.807) is 0 Å². The van der Waals surface area contributed by atoms with Crippen molar-refractivity contribution in [1.82, 2.24) is 5.32 Å². The molecule has 0 aromatic heterocycles. The van der Waals surface area contributed by atoms with Gasteiger partial charge < -0.3 is 19.5 Å². The van der Waals surface area contributed by atoms with Gasteiger partial charge in [0, 0.05) is 12.1 Å². The van der Waals surface area contributed by atoms with E-state index in [0.717, 1.165) is 18.8 Å². The highest BCUT2D eigenvalue weighted by atomic mass is 16.5. The van der Waals surface area contributed by atoms with Crippen LogP contribution >= 0.6 is 0 Å². The van der Waals surface area contributed by atoms with Gasteiger partial charge in [-0.3, -0.25) is 0 Å². The van der Waals surface area contributed by atoms with Crippen LogP contribution in [0, 0.1) is 0 Å². The zero-order chi connectivity index (χ0) is 14.6. The van der Waals surface area contributed by atoms with Crippen LogP contribution in [0.2, 0.25) is 0 Å². The summed E-state index contributed by atoms with van der Waals surface area (Å²) in [6.07, 6.45) is 0.257. The Morgan fingerprint density at radius 2 is 1.80 bits per heavy atom. The van der Waals surface area contributed by atoms with E-state index in [1.165, 1.54) is 5.56 Å². The predicted molar refractivity (Wildman–Crippen MR) is 81.2 cm³/mol. The van der Waals surface area contributed by atoms with Crippen LogP contribution in [-0.2, 0) is 16.0 Å². The van der Waals surface area contributed by atoms with Gasteiger partial charge in [-0.15, -0.1) is 0 Å². The summed E-state index contributed by atoms with van der Waals surface area (Å²) in [7, 11) is 0. The summed E-state index contributed by atoms with van der Waals surface area (Å²) < 4.78 is 16.6. The van der Waals surface area contributed by atoms with Crippen molar-refractivity contribution in [3.63, 3.8) is 0 Å². The Bertz CT molecular complexity index is 355. The van der Waals surface area contributed by atoms with Crippen molar-refractivity contribution in [3.8, 4) is 5.75 Å². The summed E-state index contributed by atoms with van der Waals surface area (Å²) in [6.45, 7) is 10.3. The van der Waals surface area contributed by atoms with Crippen LogP contribution in [0.4, 0.5) is 0 Å². The Labute approximate surface area is 122 Å². The Morgan fingerprint density at radius 1 is 1.05 bits per heavy atom. The molecule has 1 N–H and O–H groups in total. The van der Waals surface area contributed by atoms with Gasteiger partial charge in [-0.2, -0.15) is 0 Å². The highest BCUT2D eigenvalue weighted by Crippen LogP contribution is 2.17. The number of ether oxygens (including phenoxy) is 3. The average molecular weight is 281 g/mol. The molecule has 0 atom stereocenters. The molecular formula is C16H27NO3. The van der Waals surface area contributed by atoms with Crippen LogP contribution in [0.15, 0.2) is 24.3 Å². The molecule has 0 aliphatic rings. The van der Waals surface area contributed by atoms with Gasteiger partial charge in [0.15, 0.2) is 0 Å². The minimum atomic E-state index is 0.257. The second kappa shape index (κ2) is 10.7. The normalized spacial score (nSPS) is 11.0. The third-order valence-corrected chi connectivity index (χ3v) is 2.70. The number of nitrogens with one attached hydrogen (secondary N) is 1. The second-order valence-electron chi connectivity index (χ2n) is 4.77. The Morgan fingerprint density at radius 3 is 2.55 bits per heavy atom. The molecule has 0 aliphatic carbocycles. The van der Waals surface area contributed by atoms with Gasteiger partial charge in [0.1, 0.15) is 12.4 Å². The summed E-state index contributed by atoms with van der Waals surface area (Å²) in [5.41, 5.74) is 1.18. The molecule has 0 radical (unpaired) electrons. The van der Waals surface area contributed by atoms with Crippen molar-refractivity contribution in [2.75, 3.05) is 33.0 Å². The van der Waals surface area contributed by atoms with Crippen LogP contribution in [0.1, 0.15) is 26.3 Å². The molecule has 0 heterocycles. The van der Waals surface area contributed by atoms with E-state index in [4.69, 9.17) is 14.2 Å². The number of benzene rings is 1. The molecule has 0 unspecified atom stereocenters. The fourth-order valence-corrected chi connectivity index (χ4v) is 1.71. The summed E-state index contributed by atoms with van der Waals surface area (Å²) in [4.78, 5) is 0. The fraction of sp³-hybridized carbons (Fsp3) is 0.625. The lowest BCUT2D eigenvalue weighted by atomic mass is 10.2. The maximum Gasteiger partial charge on any atom is 0.123 e. The van der Waals surface area contributed by atoms with Gasteiger partial charge in [0.25, 0.3) is 0 Å². The lowest BCUT2D eigenvalue weighted by molar-refractivity contribution is 0.0124. The molecule has 1 aromatic rings. The number of hydrogen-bond donors (Lipinski definition) is 1. The Kier molecular flexibility index (Phi) is 9.04. The van der Waals surface area contributed by atoms with Gasteiger partial charge >= 0.3 is 0 Å². The fourth-order valence-electron chi connectivity index (χ4n) is 1.71. The molecule has 1 rings (SSSR count). The molecule has 0 bridgehead atoms. The molecule has 1 aromatic carbocycles. The monoisotopic (exact) mass is 281 g/mol. The molecule has 4 heteroatoms. The largest absolute Gasteiger partial charge is 0.491 e. The molecule has 0 amide bonds. The first kappa shape index (κ1) is 17.0. The van der Waals surface area contributed by atoms with E-state index < -0.39 is 0 Å². The lowest BCUT2D eigenvalue weighted by Gasteiger charge is -2.12. The zero-order valence-corrected chi connectivity index (χ0v) is 12.9. The first-order valence-corrected chi connectivity index (χ1v) is 7.34. The van der Waals surface area contributed by atoms with Gasteiger partial charge in [0.2, 0.25) is 0 Å². The molecule has 0 saturated carbocycles. The van der Waals surface area contributed by atoms with Gasteiger partial charge in [-0.25, -0.2) is 0 Å². The first-order valence-electron chi connectivity index (χ1n) is 7.34. The minimum Gasteiger partial charge on any atom is -0.491 e. The van der Waals surface area contributed by atoms with E-state index in [1.807, 2.05) is 32.0 Å². The van der Waals surface area contributed by atoms with E-state index in [9.17, 15) is 0 Å². The molecule has 0 spiro atoms. The zero-order valence-electron chi connectivity index (χ0n) is 12.9. The number of para-hydroxylation sites is 1. The van der Waals surface area contributed by atoms with E-state index in [2.05, 4.69) is 18.3 Å². The van der Waals surface area contributed by atoms with Crippen molar-refractivity contribution in [2.24, 2.45) is 0 Å². The molecule has 0 fully saturated rings. The molecule has 114 valence electrons. The lowest BCUT2D eigenvalue weighted by Crippen LogP contribution is -2.15. The quantitative estimate of drug-likeness (QED) is 0.633.